The van der Waals surface area contributed by atoms with Gasteiger partial charge in [-0.25, -0.2) is 23.3 Å². The predicted molar refractivity (Wildman–Crippen MR) is 117 cm³/mol. The lowest BCUT2D eigenvalue weighted by molar-refractivity contribution is -0.133. The number of thiazole rings is 1. The van der Waals surface area contributed by atoms with E-state index in [2.05, 4.69) is 10.3 Å². The van der Waals surface area contributed by atoms with Gasteiger partial charge in [0.05, 0.1) is 21.1 Å². The van der Waals surface area contributed by atoms with Gasteiger partial charge in [0.2, 0.25) is 10.0 Å². The molecule has 12 heteroatoms. The number of nitrogens with one attached hydrogen (secondary N) is 1. The van der Waals surface area contributed by atoms with Crippen LogP contribution in [-0.2, 0) is 14.8 Å². The molecule has 9 nitrogen and oxygen atoms in total. The first-order valence-corrected chi connectivity index (χ1v) is 12.6. The number of carboxylic acid groups (broad SMARTS) is 1. The first-order valence-electron chi connectivity index (χ1n) is 9.24. The molecule has 0 bridgehead atoms. The molecular formula is C18H22N4O5S3. The fraction of sp³-hybridized carbons (Fsp3) is 0.389. The van der Waals surface area contributed by atoms with Crippen molar-refractivity contribution in [3.8, 4) is 0 Å². The summed E-state index contributed by atoms with van der Waals surface area (Å²) in [5, 5.41) is 17.1. The Kier molecular flexibility index (Phi) is 7.34. The van der Waals surface area contributed by atoms with Gasteiger partial charge in [-0.15, -0.1) is 11.8 Å². The summed E-state index contributed by atoms with van der Waals surface area (Å²) >= 11 is 2.33. The molecule has 1 fully saturated rings. The Morgan fingerprint density at radius 1 is 1.27 bits per heavy atom. The van der Waals surface area contributed by atoms with Gasteiger partial charge < -0.3 is 5.11 Å². The number of benzene rings is 1. The summed E-state index contributed by atoms with van der Waals surface area (Å²) in [4.78, 5) is 29.4. The normalized spacial score (nSPS) is 14.6. The average Bonchev–Trinajstić information content (AvgIpc) is 3.35. The van der Waals surface area contributed by atoms with Gasteiger partial charge in [0.1, 0.15) is 0 Å². The summed E-state index contributed by atoms with van der Waals surface area (Å²) in [5.41, 5.74) is 0.559. The standard InChI is InChI=1S/C18H22N4O5S3/c19-30(26,27)14-7-5-13(6-8-14)22(10-12-3-1-2-4-12)18(25)21-17-20-9-16(29-17)28-11-15(23)24/h5-9,12H,1-4,10-11H2,(H,23,24)(H2,19,26,27)(H,20,21,25). The quantitative estimate of drug-likeness (QED) is 0.503. The number of aliphatic carboxylic acids is 1. The number of nitrogens with two attached hydrogens (primary N) is 1. The van der Waals surface area contributed by atoms with Gasteiger partial charge in [-0.1, -0.05) is 24.2 Å². The largest absolute Gasteiger partial charge is 0.481 e. The van der Waals surface area contributed by atoms with Crippen LogP contribution >= 0.6 is 23.1 Å². The Labute approximate surface area is 182 Å². The number of primary sulfonamides is 1. The molecule has 4 N–H and O–H groups in total. The van der Waals surface area contributed by atoms with E-state index in [0.29, 0.717) is 27.5 Å². The zero-order valence-corrected chi connectivity index (χ0v) is 18.4. The fourth-order valence-corrected chi connectivity index (χ4v) is 5.35. The Balaban J connectivity index is 1.76. The highest BCUT2D eigenvalue weighted by molar-refractivity contribution is 8.01. The van der Waals surface area contributed by atoms with Crippen molar-refractivity contribution in [3.63, 3.8) is 0 Å². The maximum Gasteiger partial charge on any atom is 0.328 e. The minimum Gasteiger partial charge on any atom is -0.481 e. The molecule has 1 saturated carbocycles. The molecule has 162 valence electrons. The number of hydrogen-bond acceptors (Lipinski definition) is 7. The van der Waals surface area contributed by atoms with Crippen LogP contribution in [0.2, 0.25) is 0 Å². The molecule has 1 aliphatic carbocycles. The van der Waals surface area contributed by atoms with E-state index in [1.807, 2.05) is 0 Å². The zero-order chi connectivity index (χ0) is 21.7. The van der Waals surface area contributed by atoms with Crippen LogP contribution in [0.3, 0.4) is 0 Å². The number of carboxylic acids is 1. The lowest BCUT2D eigenvalue weighted by atomic mass is 10.1. The van der Waals surface area contributed by atoms with Gasteiger partial charge in [-0.3, -0.25) is 15.0 Å². The molecule has 3 rings (SSSR count). The van der Waals surface area contributed by atoms with E-state index in [0.717, 1.165) is 37.4 Å². The van der Waals surface area contributed by atoms with Crippen LogP contribution < -0.4 is 15.4 Å². The first kappa shape index (κ1) is 22.5. The van der Waals surface area contributed by atoms with Crippen molar-refractivity contribution in [1.29, 1.82) is 0 Å². The SMILES string of the molecule is NS(=O)(=O)c1ccc(N(CC2CCCC2)C(=O)Nc2ncc(SCC(=O)O)s2)cc1. The summed E-state index contributed by atoms with van der Waals surface area (Å²) in [6.45, 7) is 0.506. The van der Waals surface area contributed by atoms with Crippen molar-refractivity contribution in [2.75, 3.05) is 22.5 Å². The maximum atomic E-state index is 13.0. The third-order valence-corrected chi connectivity index (χ3v) is 7.70. The molecule has 0 unspecified atom stereocenters. The number of carbonyl (C=O) groups excluding carboxylic acids is 1. The van der Waals surface area contributed by atoms with E-state index in [1.165, 1.54) is 29.7 Å². The van der Waals surface area contributed by atoms with Gasteiger partial charge in [0.25, 0.3) is 0 Å². The number of aromatic nitrogens is 1. The van der Waals surface area contributed by atoms with Gasteiger partial charge in [-0.05, 0) is 43.0 Å². The number of urea groups is 1. The predicted octanol–water partition coefficient (Wildman–Crippen LogP) is 3.20. The first-order chi connectivity index (χ1) is 14.2. The molecule has 1 aromatic carbocycles. The maximum absolute atomic E-state index is 13.0. The lowest BCUT2D eigenvalue weighted by Gasteiger charge is -2.26. The molecular weight excluding hydrogens is 448 g/mol. The minimum absolute atomic E-state index is 0.0208. The Morgan fingerprint density at radius 3 is 2.53 bits per heavy atom. The molecule has 30 heavy (non-hydrogen) atoms. The van der Waals surface area contributed by atoms with Crippen LogP contribution in [0.15, 0.2) is 39.6 Å². The molecule has 0 atom stereocenters. The van der Waals surface area contributed by atoms with E-state index >= 15 is 0 Å². The highest BCUT2D eigenvalue weighted by Crippen LogP contribution is 2.30. The van der Waals surface area contributed by atoms with E-state index in [4.69, 9.17) is 10.2 Å². The van der Waals surface area contributed by atoms with Crippen molar-refractivity contribution in [2.24, 2.45) is 11.1 Å². The van der Waals surface area contributed by atoms with Crippen molar-refractivity contribution in [2.45, 2.75) is 34.8 Å². The van der Waals surface area contributed by atoms with Gasteiger partial charge in [0, 0.05) is 12.2 Å². The lowest BCUT2D eigenvalue weighted by Crippen LogP contribution is -2.38. The highest BCUT2D eigenvalue weighted by Gasteiger charge is 2.24. The van der Waals surface area contributed by atoms with Crippen molar-refractivity contribution in [1.82, 2.24) is 4.98 Å². The molecule has 0 saturated heterocycles. The van der Waals surface area contributed by atoms with Crippen LogP contribution in [0.4, 0.5) is 15.6 Å². The Hall–Kier alpha value is -2.15. The average molecular weight is 471 g/mol. The number of thioether (sulfide) groups is 1. The summed E-state index contributed by atoms with van der Waals surface area (Å²) < 4.78 is 23.7. The number of carbonyl (C=O) groups is 2. The highest BCUT2D eigenvalue weighted by atomic mass is 32.2. The van der Waals surface area contributed by atoms with Crippen molar-refractivity contribution < 1.29 is 23.1 Å². The third kappa shape index (κ3) is 6.17. The molecule has 0 aliphatic heterocycles. The second-order valence-corrected chi connectivity index (χ2v) is 10.8. The number of sulfonamides is 1. The third-order valence-electron chi connectivity index (χ3n) is 4.67. The van der Waals surface area contributed by atoms with E-state index in [1.54, 1.807) is 17.0 Å². The summed E-state index contributed by atoms with van der Waals surface area (Å²) in [6, 6.07) is 5.50. The second kappa shape index (κ2) is 9.77. The van der Waals surface area contributed by atoms with Crippen LogP contribution in [0.1, 0.15) is 25.7 Å². The van der Waals surface area contributed by atoms with Gasteiger partial charge in [-0.2, -0.15) is 0 Å². The van der Waals surface area contributed by atoms with Crippen molar-refractivity contribution in [3.05, 3.63) is 30.5 Å². The summed E-state index contributed by atoms with van der Waals surface area (Å²) in [7, 11) is -3.82. The number of hydrogen-bond donors (Lipinski definition) is 3. The Bertz CT molecular complexity index is 1000. The topological polar surface area (TPSA) is 143 Å². The number of nitrogens with zero attached hydrogens (tertiary/aromatic N) is 2. The van der Waals surface area contributed by atoms with Gasteiger partial charge >= 0.3 is 12.0 Å². The minimum atomic E-state index is -3.82. The van der Waals surface area contributed by atoms with Crippen molar-refractivity contribution >= 4 is 55.9 Å². The fourth-order valence-electron chi connectivity index (χ4n) is 3.25. The van der Waals surface area contributed by atoms with E-state index in [-0.39, 0.29) is 16.7 Å². The molecule has 0 radical (unpaired) electrons. The monoisotopic (exact) mass is 470 g/mol. The van der Waals surface area contributed by atoms with Gasteiger partial charge in [0.15, 0.2) is 5.13 Å². The number of amides is 2. The van der Waals surface area contributed by atoms with E-state index < -0.39 is 16.0 Å². The molecule has 2 amide bonds. The zero-order valence-electron chi connectivity index (χ0n) is 16.0. The van der Waals surface area contributed by atoms with Crippen LogP contribution in [0.25, 0.3) is 0 Å². The molecule has 2 aromatic rings. The second-order valence-electron chi connectivity index (χ2n) is 6.90. The smallest absolute Gasteiger partial charge is 0.328 e. The van der Waals surface area contributed by atoms with Crippen LogP contribution in [0, 0.1) is 5.92 Å². The van der Waals surface area contributed by atoms with Crippen LogP contribution in [0.5, 0.6) is 0 Å². The Morgan fingerprint density at radius 2 is 1.93 bits per heavy atom. The molecule has 1 aliphatic rings. The molecule has 0 spiro atoms. The summed E-state index contributed by atoms with van der Waals surface area (Å²) in [6.07, 6.45) is 5.84. The van der Waals surface area contributed by atoms with E-state index in [9.17, 15) is 18.0 Å². The molecule has 1 aromatic heterocycles. The van der Waals surface area contributed by atoms with Crippen LogP contribution in [-0.4, -0.2) is 42.8 Å². The summed E-state index contributed by atoms with van der Waals surface area (Å²) in [5.74, 6) is -0.643. The number of anilines is 2. The molecule has 1 heterocycles. The number of rotatable bonds is 8.